The summed E-state index contributed by atoms with van der Waals surface area (Å²) in [5, 5.41) is 0.335. The van der Waals surface area contributed by atoms with Crippen LogP contribution in [0.3, 0.4) is 0 Å². The van der Waals surface area contributed by atoms with Crippen molar-refractivity contribution >= 4 is 35.1 Å². The van der Waals surface area contributed by atoms with Gasteiger partial charge in [-0.15, -0.1) is 11.8 Å². The molecular weight excluding hydrogens is 346 g/mol. The van der Waals surface area contributed by atoms with Crippen LogP contribution in [0, 0.1) is 5.92 Å². The number of rotatable bonds is 3. The molecule has 0 radical (unpaired) electrons. The molecule has 1 fully saturated rings. The van der Waals surface area contributed by atoms with E-state index in [1.54, 1.807) is 0 Å². The molecule has 0 aliphatic carbocycles. The van der Waals surface area contributed by atoms with E-state index in [1.165, 1.54) is 4.90 Å². The van der Waals surface area contributed by atoms with Crippen molar-refractivity contribution in [2.24, 2.45) is 5.92 Å². The largest absolute Gasteiger partial charge is 0.460 e. The molecule has 7 heteroatoms. The molecule has 0 amide bonds. The molecule has 1 aromatic heterocycles. The molecule has 5 nitrogen and oxygen atoms in total. The molecule has 0 bridgehead atoms. The van der Waals surface area contributed by atoms with Crippen molar-refractivity contribution in [2.45, 2.75) is 57.0 Å². The molecule has 132 valence electrons. The maximum atomic E-state index is 12.0. The second kappa shape index (κ2) is 7.08. The SMILES string of the molecule is CC(C)(C)OC(=O)CC1CCN(c2nc(Cl)nc3c2SCC3)CC1. The Morgan fingerprint density at radius 1 is 1.33 bits per heavy atom. The summed E-state index contributed by atoms with van der Waals surface area (Å²) in [4.78, 5) is 24.3. The molecule has 1 saturated heterocycles. The Morgan fingerprint density at radius 3 is 2.71 bits per heavy atom. The number of halogens is 1. The van der Waals surface area contributed by atoms with Gasteiger partial charge in [0.1, 0.15) is 11.4 Å². The minimum Gasteiger partial charge on any atom is -0.460 e. The van der Waals surface area contributed by atoms with E-state index < -0.39 is 5.60 Å². The summed E-state index contributed by atoms with van der Waals surface area (Å²) in [6.45, 7) is 7.52. The Morgan fingerprint density at radius 2 is 2.04 bits per heavy atom. The van der Waals surface area contributed by atoms with E-state index in [1.807, 2.05) is 32.5 Å². The number of fused-ring (bicyclic) bond motifs is 1. The van der Waals surface area contributed by atoms with Gasteiger partial charge < -0.3 is 9.64 Å². The zero-order valence-corrected chi connectivity index (χ0v) is 16.0. The fourth-order valence-corrected chi connectivity index (χ4v) is 4.50. The topological polar surface area (TPSA) is 55.3 Å². The highest BCUT2D eigenvalue weighted by molar-refractivity contribution is 7.99. The van der Waals surface area contributed by atoms with Crippen molar-refractivity contribution in [3.05, 3.63) is 11.0 Å². The number of esters is 1. The van der Waals surface area contributed by atoms with Gasteiger partial charge in [-0.2, -0.15) is 4.98 Å². The minimum atomic E-state index is -0.409. The maximum absolute atomic E-state index is 12.0. The zero-order chi connectivity index (χ0) is 17.3. The number of aromatic nitrogens is 2. The average molecular weight is 370 g/mol. The lowest BCUT2D eigenvalue weighted by atomic mass is 9.93. The highest BCUT2D eigenvalue weighted by Crippen LogP contribution is 2.39. The van der Waals surface area contributed by atoms with Gasteiger partial charge in [0, 0.05) is 31.7 Å². The standard InChI is InChI=1S/C17H24ClN3O2S/c1-17(2,3)23-13(22)10-11-4-7-21(8-5-11)15-14-12(6-9-24-14)19-16(18)20-15/h11H,4-10H2,1-3H3. The molecule has 3 rings (SSSR count). The van der Waals surface area contributed by atoms with Crippen LogP contribution in [-0.4, -0.2) is 40.4 Å². The molecule has 0 aromatic carbocycles. The van der Waals surface area contributed by atoms with E-state index in [-0.39, 0.29) is 5.97 Å². The smallest absolute Gasteiger partial charge is 0.306 e. The van der Waals surface area contributed by atoms with E-state index in [0.717, 1.165) is 49.6 Å². The number of carbonyl (C=O) groups excluding carboxylic acids is 1. The highest BCUT2D eigenvalue weighted by atomic mass is 35.5. The third-order valence-electron chi connectivity index (χ3n) is 4.27. The van der Waals surface area contributed by atoms with E-state index in [4.69, 9.17) is 16.3 Å². The first-order chi connectivity index (χ1) is 11.3. The van der Waals surface area contributed by atoms with Crippen molar-refractivity contribution < 1.29 is 9.53 Å². The van der Waals surface area contributed by atoms with Gasteiger partial charge in [-0.3, -0.25) is 4.79 Å². The first-order valence-electron chi connectivity index (χ1n) is 8.48. The quantitative estimate of drug-likeness (QED) is 0.597. The van der Waals surface area contributed by atoms with Crippen LogP contribution in [0.2, 0.25) is 5.28 Å². The van der Waals surface area contributed by atoms with E-state index in [2.05, 4.69) is 14.9 Å². The summed E-state index contributed by atoms with van der Waals surface area (Å²) in [6, 6.07) is 0. The highest BCUT2D eigenvalue weighted by Gasteiger charge is 2.28. The predicted octanol–water partition coefficient (Wildman–Crippen LogP) is 3.73. The Kier molecular flexibility index (Phi) is 5.25. The molecule has 0 atom stereocenters. The van der Waals surface area contributed by atoms with E-state index >= 15 is 0 Å². The van der Waals surface area contributed by atoms with Crippen LogP contribution in [-0.2, 0) is 16.0 Å². The lowest BCUT2D eigenvalue weighted by Crippen LogP contribution is -2.36. The van der Waals surface area contributed by atoms with Crippen LogP contribution in [0.15, 0.2) is 4.90 Å². The average Bonchev–Trinajstić information content (AvgIpc) is 2.93. The number of ether oxygens (including phenoxy) is 1. The number of nitrogens with zero attached hydrogens (tertiary/aromatic N) is 3. The Labute approximate surface area is 152 Å². The van der Waals surface area contributed by atoms with Crippen molar-refractivity contribution in [3.8, 4) is 0 Å². The van der Waals surface area contributed by atoms with Crippen LogP contribution >= 0.6 is 23.4 Å². The monoisotopic (exact) mass is 369 g/mol. The molecule has 1 aromatic rings. The summed E-state index contributed by atoms with van der Waals surface area (Å²) < 4.78 is 5.43. The third kappa shape index (κ3) is 4.33. The summed E-state index contributed by atoms with van der Waals surface area (Å²) in [6.07, 6.45) is 3.41. The number of hydrogen-bond acceptors (Lipinski definition) is 6. The van der Waals surface area contributed by atoms with Gasteiger partial charge in [-0.25, -0.2) is 4.98 Å². The summed E-state index contributed by atoms with van der Waals surface area (Å²) in [7, 11) is 0. The van der Waals surface area contributed by atoms with Crippen molar-refractivity contribution in [1.82, 2.24) is 9.97 Å². The number of aryl methyl sites for hydroxylation is 1. The molecule has 2 aliphatic heterocycles. The lowest BCUT2D eigenvalue weighted by molar-refractivity contribution is -0.156. The van der Waals surface area contributed by atoms with Gasteiger partial charge in [0.2, 0.25) is 5.28 Å². The van der Waals surface area contributed by atoms with Crippen molar-refractivity contribution in [1.29, 1.82) is 0 Å². The van der Waals surface area contributed by atoms with Crippen LogP contribution in [0.4, 0.5) is 5.82 Å². The number of anilines is 1. The molecule has 3 heterocycles. The lowest BCUT2D eigenvalue weighted by Gasteiger charge is -2.33. The first-order valence-corrected chi connectivity index (χ1v) is 9.84. The van der Waals surface area contributed by atoms with Crippen LogP contribution in [0.1, 0.15) is 45.7 Å². The Balaban J connectivity index is 1.59. The van der Waals surface area contributed by atoms with Crippen molar-refractivity contribution in [3.63, 3.8) is 0 Å². The number of thioether (sulfide) groups is 1. The number of carbonyl (C=O) groups is 1. The molecule has 2 aliphatic rings. The molecule has 0 spiro atoms. The van der Waals surface area contributed by atoms with Gasteiger partial charge in [-0.05, 0) is 51.1 Å². The first kappa shape index (κ1) is 17.8. The van der Waals surface area contributed by atoms with Gasteiger partial charge >= 0.3 is 5.97 Å². The van der Waals surface area contributed by atoms with Gasteiger partial charge in [0.05, 0.1) is 10.6 Å². The van der Waals surface area contributed by atoms with Crippen molar-refractivity contribution in [2.75, 3.05) is 23.7 Å². The van der Waals surface area contributed by atoms with Gasteiger partial charge in [-0.1, -0.05) is 0 Å². The minimum absolute atomic E-state index is 0.0949. The van der Waals surface area contributed by atoms with E-state index in [0.29, 0.717) is 17.6 Å². The molecular formula is C17H24ClN3O2S. The number of piperidine rings is 1. The zero-order valence-electron chi connectivity index (χ0n) is 14.5. The molecule has 0 unspecified atom stereocenters. The fourth-order valence-electron chi connectivity index (χ4n) is 3.20. The van der Waals surface area contributed by atoms with Crippen LogP contribution in [0.5, 0.6) is 0 Å². The summed E-state index contributed by atoms with van der Waals surface area (Å²) in [5.74, 6) is 2.31. The van der Waals surface area contributed by atoms with Crippen LogP contribution < -0.4 is 4.90 Å². The molecule has 24 heavy (non-hydrogen) atoms. The second-order valence-corrected chi connectivity index (χ2v) is 8.85. The normalized spacial score (nSPS) is 18.6. The summed E-state index contributed by atoms with van der Waals surface area (Å²) >= 11 is 7.90. The molecule has 0 N–H and O–H groups in total. The fraction of sp³-hybridized carbons (Fsp3) is 0.706. The van der Waals surface area contributed by atoms with E-state index in [9.17, 15) is 4.79 Å². The maximum Gasteiger partial charge on any atom is 0.306 e. The summed E-state index contributed by atoms with van der Waals surface area (Å²) in [5.41, 5.74) is 0.665. The molecule has 0 saturated carbocycles. The predicted molar refractivity (Wildman–Crippen MR) is 96.9 cm³/mol. The van der Waals surface area contributed by atoms with Gasteiger partial charge in [0.25, 0.3) is 0 Å². The van der Waals surface area contributed by atoms with Gasteiger partial charge in [0.15, 0.2) is 0 Å². The Hall–Kier alpha value is -1.01. The third-order valence-corrected chi connectivity index (χ3v) is 5.55. The number of hydrogen-bond donors (Lipinski definition) is 0. The van der Waals surface area contributed by atoms with Crippen LogP contribution in [0.25, 0.3) is 0 Å². The second-order valence-electron chi connectivity index (χ2n) is 7.41. The Bertz CT molecular complexity index is 625.